The first-order valence-electron chi connectivity index (χ1n) is 7.69. The van der Waals surface area contributed by atoms with Gasteiger partial charge in [0.05, 0.1) is 6.54 Å². The Morgan fingerprint density at radius 2 is 1.81 bits per heavy atom. The predicted octanol–water partition coefficient (Wildman–Crippen LogP) is 2.13. The summed E-state index contributed by atoms with van der Waals surface area (Å²) in [5.74, 6) is 1.79. The number of rotatable bonds is 5. The van der Waals surface area contributed by atoms with Crippen molar-refractivity contribution in [2.75, 3.05) is 25.4 Å². The van der Waals surface area contributed by atoms with Gasteiger partial charge in [0, 0.05) is 35.4 Å². The largest absolute Gasteiger partial charge is 0.370 e. The van der Waals surface area contributed by atoms with Crippen LogP contribution in [0, 0.1) is 0 Å². The van der Waals surface area contributed by atoms with Gasteiger partial charge in [-0.15, -0.1) is 0 Å². The van der Waals surface area contributed by atoms with Gasteiger partial charge < -0.3 is 10.6 Å². The lowest BCUT2D eigenvalue weighted by Crippen LogP contribution is -2.38. The highest BCUT2D eigenvalue weighted by Gasteiger charge is 2.10. The molecule has 0 aliphatic carbocycles. The minimum absolute atomic E-state index is 0.543. The molecule has 2 N–H and O–H groups in total. The molecule has 116 valence electrons. The second-order valence-corrected chi connectivity index (χ2v) is 6.99. The van der Waals surface area contributed by atoms with Gasteiger partial charge in [-0.25, -0.2) is 0 Å². The Hall–Kier alpha value is -1.36. The van der Waals surface area contributed by atoms with Gasteiger partial charge in [0.1, 0.15) is 0 Å². The number of hydrogen-bond donors (Lipinski definition) is 1. The number of nitrogens with two attached hydrogens (primary N) is 1. The molecule has 4 nitrogen and oxygen atoms in total. The summed E-state index contributed by atoms with van der Waals surface area (Å²) in [7, 11) is -0.877. The van der Waals surface area contributed by atoms with Gasteiger partial charge in [-0.3, -0.25) is 9.20 Å². The van der Waals surface area contributed by atoms with E-state index in [9.17, 15) is 4.21 Å². The highest BCUT2D eigenvalue weighted by atomic mass is 32.2. The van der Waals surface area contributed by atoms with E-state index in [1.54, 1.807) is 0 Å². The van der Waals surface area contributed by atoms with Crippen LogP contribution in [0.4, 0.5) is 0 Å². The van der Waals surface area contributed by atoms with Crippen LogP contribution in [-0.4, -0.2) is 40.5 Å². The molecule has 1 atom stereocenters. The Bertz CT molecular complexity index is 468. The maximum absolute atomic E-state index is 12.0. The maximum Gasteiger partial charge on any atom is 0.191 e. The van der Waals surface area contributed by atoms with Crippen molar-refractivity contribution in [3.05, 3.63) is 35.9 Å². The SMILES string of the molecule is NC(=NCCS(=O)Cc1ccccc1)N1CCCCCC1. The van der Waals surface area contributed by atoms with E-state index in [-0.39, 0.29) is 0 Å². The molecule has 0 amide bonds. The third-order valence-electron chi connectivity index (χ3n) is 3.69. The fraction of sp³-hybridized carbons (Fsp3) is 0.562. The molecular weight excluding hydrogens is 282 g/mol. The summed E-state index contributed by atoms with van der Waals surface area (Å²) in [6, 6.07) is 9.93. The van der Waals surface area contributed by atoms with Crippen LogP contribution in [0.2, 0.25) is 0 Å². The molecule has 1 aliphatic rings. The van der Waals surface area contributed by atoms with Gasteiger partial charge in [0.2, 0.25) is 0 Å². The van der Waals surface area contributed by atoms with Crippen molar-refractivity contribution in [1.29, 1.82) is 0 Å². The molecule has 1 unspecified atom stereocenters. The predicted molar refractivity (Wildman–Crippen MR) is 89.7 cm³/mol. The van der Waals surface area contributed by atoms with Crippen LogP contribution < -0.4 is 5.73 Å². The fourth-order valence-electron chi connectivity index (χ4n) is 2.49. The third kappa shape index (κ3) is 5.87. The van der Waals surface area contributed by atoms with Crippen LogP contribution in [0.5, 0.6) is 0 Å². The van der Waals surface area contributed by atoms with E-state index in [0.29, 0.717) is 24.0 Å². The van der Waals surface area contributed by atoms with Crippen molar-refractivity contribution in [3.8, 4) is 0 Å². The molecule has 5 heteroatoms. The molecular formula is C16H25N3OS. The van der Waals surface area contributed by atoms with E-state index in [0.717, 1.165) is 18.7 Å². The Morgan fingerprint density at radius 1 is 1.14 bits per heavy atom. The topological polar surface area (TPSA) is 58.7 Å². The summed E-state index contributed by atoms with van der Waals surface area (Å²) in [6.07, 6.45) is 4.95. The molecule has 1 fully saturated rings. The molecule has 2 rings (SSSR count). The molecule has 1 heterocycles. The fourth-order valence-corrected chi connectivity index (χ4v) is 3.50. The van der Waals surface area contributed by atoms with Crippen LogP contribution in [0.1, 0.15) is 31.2 Å². The zero-order chi connectivity index (χ0) is 14.9. The molecule has 21 heavy (non-hydrogen) atoms. The van der Waals surface area contributed by atoms with Crippen molar-refractivity contribution in [3.63, 3.8) is 0 Å². The lowest BCUT2D eigenvalue weighted by molar-refractivity contribution is 0.429. The Balaban J connectivity index is 1.74. The van der Waals surface area contributed by atoms with Gasteiger partial charge >= 0.3 is 0 Å². The molecule has 0 saturated carbocycles. The van der Waals surface area contributed by atoms with Crippen LogP contribution in [0.15, 0.2) is 35.3 Å². The zero-order valence-corrected chi connectivity index (χ0v) is 13.4. The van der Waals surface area contributed by atoms with Crippen molar-refractivity contribution in [2.45, 2.75) is 31.4 Å². The molecule has 1 aromatic rings. The van der Waals surface area contributed by atoms with Gasteiger partial charge in [-0.1, -0.05) is 43.2 Å². The zero-order valence-electron chi connectivity index (χ0n) is 12.5. The van der Waals surface area contributed by atoms with Gasteiger partial charge in [-0.05, 0) is 18.4 Å². The number of guanidine groups is 1. The minimum atomic E-state index is -0.877. The minimum Gasteiger partial charge on any atom is -0.370 e. The average Bonchev–Trinajstić information content (AvgIpc) is 2.77. The van der Waals surface area contributed by atoms with E-state index in [4.69, 9.17) is 5.73 Å². The number of likely N-dealkylation sites (tertiary alicyclic amines) is 1. The smallest absolute Gasteiger partial charge is 0.191 e. The van der Waals surface area contributed by atoms with E-state index in [1.807, 2.05) is 30.3 Å². The number of hydrogen-bond acceptors (Lipinski definition) is 2. The van der Waals surface area contributed by atoms with Gasteiger partial charge in [0.15, 0.2) is 5.96 Å². The second kappa shape index (κ2) is 8.82. The first-order valence-corrected chi connectivity index (χ1v) is 9.18. The van der Waals surface area contributed by atoms with Crippen LogP contribution in [0.3, 0.4) is 0 Å². The van der Waals surface area contributed by atoms with Crippen molar-refractivity contribution >= 4 is 16.8 Å². The Morgan fingerprint density at radius 3 is 2.48 bits per heavy atom. The average molecular weight is 307 g/mol. The summed E-state index contributed by atoms with van der Waals surface area (Å²) in [4.78, 5) is 6.56. The van der Waals surface area contributed by atoms with Crippen LogP contribution in [-0.2, 0) is 16.6 Å². The monoisotopic (exact) mass is 307 g/mol. The maximum atomic E-state index is 12.0. The number of aliphatic imine (C=N–C) groups is 1. The summed E-state index contributed by atoms with van der Waals surface area (Å²) in [5.41, 5.74) is 7.15. The molecule has 0 spiro atoms. The first kappa shape index (κ1) is 16.0. The number of nitrogens with zero attached hydrogens (tertiary/aromatic N) is 2. The number of benzene rings is 1. The molecule has 1 aliphatic heterocycles. The van der Waals surface area contributed by atoms with Gasteiger partial charge in [0.25, 0.3) is 0 Å². The van der Waals surface area contributed by atoms with Crippen LogP contribution in [0.25, 0.3) is 0 Å². The third-order valence-corrected chi connectivity index (χ3v) is 4.99. The lowest BCUT2D eigenvalue weighted by Gasteiger charge is -2.21. The standard InChI is InChI=1S/C16H25N3OS/c17-16(19-11-6-1-2-7-12-19)18-10-13-21(20)14-15-8-4-3-5-9-15/h3-5,8-9H,1-2,6-7,10-14H2,(H2,17,18). The van der Waals surface area contributed by atoms with E-state index >= 15 is 0 Å². The molecule has 0 bridgehead atoms. The normalized spacial score (nSPS) is 18.3. The van der Waals surface area contributed by atoms with Crippen LogP contribution >= 0.6 is 0 Å². The highest BCUT2D eigenvalue weighted by Crippen LogP contribution is 2.09. The quantitative estimate of drug-likeness (QED) is 0.669. The van der Waals surface area contributed by atoms with E-state index in [2.05, 4.69) is 9.89 Å². The van der Waals surface area contributed by atoms with Crippen molar-refractivity contribution in [2.24, 2.45) is 10.7 Å². The second-order valence-electron chi connectivity index (χ2n) is 5.42. The van der Waals surface area contributed by atoms with Crippen molar-refractivity contribution in [1.82, 2.24) is 4.90 Å². The van der Waals surface area contributed by atoms with E-state index in [1.165, 1.54) is 25.7 Å². The van der Waals surface area contributed by atoms with E-state index < -0.39 is 10.8 Å². The first-order chi connectivity index (χ1) is 10.3. The summed E-state index contributed by atoms with van der Waals surface area (Å²) >= 11 is 0. The summed E-state index contributed by atoms with van der Waals surface area (Å²) < 4.78 is 12.0. The Labute approximate surface area is 129 Å². The lowest BCUT2D eigenvalue weighted by atomic mass is 10.2. The highest BCUT2D eigenvalue weighted by molar-refractivity contribution is 7.84. The molecule has 0 radical (unpaired) electrons. The van der Waals surface area contributed by atoms with Gasteiger partial charge in [-0.2, -0.15) is 0 Å². The molecule has 0 aromatic heterocycles. The Kier molecular flexibility index (Phi) is 6.73. The summed E-state index contributed by atoms with van der Waals surface area (Å²) in [5, 5.41) is 0. The summed E-state index contributed by atoms with van der Waals surface area (Å²) in [6.45, 7) is 2.55. The van der Waals surface area contributed by atoms with Crippen molar-refractivity contribution < 1.29 is 4.21 Å². The molecule has 1 saturated heterocycles. The molecule has 1 aromatic carbocycles.